The third-order valence-electron chi connectivity index (χ3n) is 0.733. The van der Waals surface area contributed by atoms with Gasteiger partial charge < -0.3 is 0 Å². The van der Waals surface area contributed by atoms with Crippen molar-refractivity contribution in [2.45, 2.75) is 0 Å². The van der Waals surface area contributed by atoms with E-state index in [0.717, 1.165) is 5.02 Å². The average Bonchev–Trinajstić information content (AvgIpc) is 1.94. The van der Waals surface area contributed by atoms with Gasteiger partial charge in [0.05, 0.1) is 0 Å². The Kier molecular flexibility index (Phi) is 4.47. The Bertz CT molecular complexity index is 171. The topological polar surface area (TPSA) is 47.6 Å². The summed E-state index contributed by atoms with van der Waals surface area (Å²) in [5.41, 5.74) is 0. The maximum absolute atomic E-state index is 6.00. The molecule has 0 aliphatic rings. The van der Waals surface area contributed by atoms with E-state index in [-0.39, 0.29) is 0 Å². The van der Waals surface area contributed by atoms with Crippen molar-refractivity contribution in [3.63, 3.8) is 0 Å². The fourth-order valence-corrected chi connectivity index (χ4v) is 0.560. The molecule has 0 unspecified atom stereocenters. The van der Waals surface area contributed by atoms with E-state index in [4.69, 9.17) is 22.4 Å². The Morgan fingerprint density at radius 2 is 1.44 bits per heavy atom. The van der Waals surface area contributed by atoms with Crippen LogP contribution in [0.15, 0.2) is 30.3 Å². The minimum Gasteiger partial charge on any atom is -0.0843 e. The molecule has 1 aromatic carbocycles. The van der Waals surface area contributed by atoms with Gasteiger partial charge in [0, 0.05) is 15.8 Å². The van der Waals surface area contributed by atoms with E-state index < -0.39 is 0 Å². The van der Waals surface area contributed by atoms with Crippen LogP contribution in [0.25, 0.3) is 0 Å². The molecule has 46 valence electrons. The summed E-state index contributed by atoms with van der Waals surface area (Å²) in [5.74, 6) is 0. The maximum atomic E-state index is 6.00. The first-order valence-electron chi connectivity index (χ1n) is 2.30. The van der Waals surface area contributed by atoms with Crippen LogP contribution in [-0.4, -0.2) is 0 Å². The van der Waals surface area contributed by atoms with Crippen LogP contribution >= 0.6 is 11.6 Å². The van der Waals surface area contributed by atoms with Crippen molar-refractivity contribution in [1.29, 1.82) is 10.8 Å². The van der Waals surface area contributed by atoms with Gasteiger partial charge in [-0.1, -0.05) is 29.8 Å². The van der Waals surface area contributed by atoms with Crippen molar-refractivity contribution >= 4 is 11.6 Å². The normalized spacial score (nSPS) is 7.00. The number of halogens is 1. The second kappa shape index (κ2) is 5.07. The Hall–Kier alpha value is -1.07. The van der Waals surface area contributed by atoms with Gasteiger partial charge >= 0.3 is 0 Å². The second-order valence-electron chi connectivity index (χ2n) is 1.30. The summed E-state index contributed by atoms with van der Waals surface area (Å²) in [5, 5.41) is 12.8. The highest BCUT2D eigenvalue weighted by molar-refractivity contribution is 6.30. The van der Waals surface area contributed by atoms with E-state index in [1.165, 1.54) is 0 Å². The Morgan fingerprint density at radius 3 is 1.67 bits per heavy atom. The third-order valence-corrected chi connectivity index (χ3v) is 0.985. The van der Waals surface area contributed by atoms with Crippen LogP contribution in [0, 0.1) is 10.8 Å². The molecule has 0 spiro atoms. The van der Waals surface area contributed by atoms with Crippen LogP contribution in [0.3, 0.4) is 0 Å². The molecule has 0 heterocycles. The quantitative estimate of drug-likeness (QED) is 0.520. The van der Waals surface area contributed by atoms with Gasteiger partial charge in [0.15, 0.2) is 0 Å². The minimum atomic E-state index is 0.794. The van der Waals surface area contributed by atoms with Crippen LogP contribution < -0.4 is 0 Å². The number of benzene rings is 1. The van der Waals surface area contributed by atoms with Crippen molar-refractivity contribution in [2.24, 2.45) is 0 Å². The van der Waals surface area contributed by atoms with E-state index in [9.17, 15) is 0 Å². The summed E-state index contributed by atoms with van der Waals surface area (Å²) >= 11 is 5.54. The van der Waals surface area contributed by atoms with Crippen LogP contribution in [0.2, 0.25) is 5.02 Å². The molecule has 9 heavy (non-hydrogen) atoms. The van der Waals surface area contributed by atoms with E-state index in [1.54, 1.807) is 0 Å². The molecular formula is C6H5ClN2. The summed E-state index contributed by atoms with van der Waals surface area (Å²) in [4.78, 5) is 0. The van der Waals surface area contributed by atoms with Crippen LogP contribution in [-0.2, 0) is 0 Å². The van der Waals surface area contributed by atoms with E-state index in [1.807, 2.05) is 30.3 Å². The minimum absolute atomic E-state index is 0.794. The monoisotopic (exact) mass is 140 g/mol. The molecule has 3 heteroatoms. The Labute approximate surface area is 58.5 Å². The van der Waals surface area contributed by atoms with Gasteiger partial charge in [0.1, 0.15) is 0 Å². The van der Waals surface area contributed by atoms with Gasteiger partial charge in [0.2, 0.25) is 0 Å². The summed E-state index contributed by atoms with van der Waals surface area (Å²) in [6.45, 7) is 0. The molecular weight excluding hydrogens is 136 g/mol. The molecule has 0 saturated carbocycles. The summed E-state index contributed by atoms with van der Waals surface area (Å²) in [7, 11) is 0. The SMILES string of the molecule is Clc1ccccc1.N#N. The van der Waals surface area contributed by atoms with E-state index in [0.29, 0.717) is 0 Å². The fraction of sp³-hybridized carbons (Fsp3) is 0. The molecule has 0 saturated heterocycles. The molecule has 0 aliphatic carbocycles. The molecule has 0 aliphatic heterocycles. The second-order valence-corrected chi connectivity index (χ2v) is 1.73. The van der Waals surface area contributed by atoms with Crippen molar-refractivity contribution < 1.29 is 0 Å². The Balaban J connectivity index is 0.000000291. The molecule has 0 bridgehead atoms. The van der Waals surface area contributed by atoms with E-state index >= 15 is 0 Å². The molecule has 0 atom stereocenters. The van der Waals surface area contributed by atoms with Gasteiger partial charge in [-0.2, -0.15) is 0 Å². The first-order chi connectivity index (χ1) is 4.39. The van der Waals surface area contributed by atoms with Crippen molar-refractivity contribution in [2.75, 3.05) is 0 Å². The van der Waals surface area contributed by atoms with Crippen molar-refractivity contribution in [3.05, 3.63) is 35.4 Å². The lowest BCUT2D eigenvalue weighted by Gasteiger charge is -1.80. The highest BCUT2D eigenvalue weighted by atomic mass is 35.5. The van der Waals surface area contributed by atoms with Crippen LogP contribution in [0.1, 0.15) is 0 Å². The van der Waals surface area contributed by atoms with Gasteiger partial charge in [-0.15, -0.1) is 0 Å². The van der Waals surface area contributed by atoms with Crippen LogP contribution in [0.4, 0.5) is 0 Å². The number of nitrogens with zero attached hydrogens (tertiary/aromatic N) is 2. The van der Waals surface area contributed by atoms with E-state index in [2.05, 4.69) is 0 Å². The van der Waals surface area contributed by atoms with Gasteiger partial charge in [-0.3, -0.25) is 0 Å². The zero-order chi connectivity index (χ0) is 7.11. The lowest BCUT2D eigenvalue weighted by atomic mass is 10.4. The summed E-state index contributed by atoms with van der Waals surface area (Å²) < 4.78 is 0. The summed E-state index contributed by atoms with van der Waals surface area (Å²) in [6, 6.07) is 9.44. The molecule has 2 nitrogen and oxygen atoms in total. The molecule has 0 amide bonds. The predicted molar refractivity (Wildman–Crippen MR) is 34.9 cm³/mol. The van der Waals surface area contributed by atoms with Crippen LogP contribution in [0.5, 0.6) is 0 Å². The first kappa shape index (κ1) is 7.93. The maximum Gasteiger partial charge on any atom is 0.0405 e. The predicted octanol–water partition coefficient (Wildman–Crippen LogP) is 2.37. The largest absolute Gasteiger partial charge is 0.0843 e. The van der Waals surface area contributed by atoms with Crippen molar-refractivity contribution in [3.8, 4) is 0 Å². The standard InChI is InChI=1S/C6H5Cl.N2/c7-6-4-2-1-3-5-6;1-2/h1-5H;. The zero-order valence-corrected chi connectivity index (χ0v) is 5.42. The Morgan fingerprint density at radius 1 is 1.00 bits per heavy atom. The van der Waals surface area contributed by atoms with Gasteiger partial charge in [-0.05, 0) is 12.1 Å². The third kappa shape index (κ3) is 3.51. The zero-order valence-electron chi connectivity index (χ0n) is 4.66. The van der Waals surface area contributed by atoms with Crippen molar-refractivity contribution in [1.82, 2.24) is 0 Å². The molecule has 0 radical (unpaired) electrons. The lowest BCUT2D eigenvalue weighted by Crippen LogP contribution is -1.55. The number of rotatable bonds is 0. The highest BCUT2D eigenvalue weighted by Gasteiger charge is 1.74. The fourth-order valence-electron chi connectivity index (χ4n) is 0.415. The molecule has 0 aromatic heterocycles. The molecule has 1 rings (SSSR count). The highest BCUT2D eigenvalue weighted by Crippen LogP contribution is 2.03. The summed E-state index contributed by atoms with van der Waals surface area (Å²) in [6.07, 6.45) is 0. The lowest BCUT2D eigenvalue weighted by molar-refractivity contribution is 1.15. The molecule has 0 N–H and O–H groups in total. The van der Waals surface area contributed by atoms with Gasteiger partial charge in [-0.25, -0.2) is 0 Å². The molecule has 1 aromatic rings. The number of hydrogen-bond acceptors (Lipinski definition) is 2. The molecule has 0 fully saturated rings. The van der Waals surface area contributed by atoms with Gasteiger partial charge in [0.25, 0.3) is 0 Å². The number of hydrogen-bond donors (Lipinski definition) is 0. The smallest absolute Gasteiger partial charge is 0.0405 e. The average molecular weight is 141 g/mol. The first-order valence-corrected chi connectivity index (χ1v) is 2.68.